The van der Waals surface area contributed by atoms with E-state index >= 15 is 0 Å². The summed E-state index contributed by atoms with van der Waals surface area (Å²) in [7, 11) is 0. The first-order chi connectivity index (χ1) is 11.2. The van der Waals surface area contributed by atoms with Crippen molar-refractivity contribution < 1.29 is 0 Å². The number of benzene rings is 1. The zero-order chi connectivity index (χ0) is 15.8. The van der Waals surface area contributed by atoms with E-state index in [2.05, 4.69) is 52.1 Å². The second kappa shape index (κ2) is 6.10. The van der Waals surface area contributed by atoms with E-state index < -0.39 is 0 Å². The van der Waals surface area contributed by atoms with Crippen LogP contribution in [0, 0.1) is 5.92 Å². The molecule has 4 rings (SSSR count). The molecule has 5 heteroatoms. The van der Waals surface area contributed by atoms with Crippen molar-refractivity contribution in [2.75, 3.05) is 18.0 Å². The highest BCUT2D eigenvalue weighted by Crippen LogP contribution is 2.38. The van der Waals surface area contributed by atoms with E-state index in [1.165, 1.54) is 23.3 Å². The van der Waals surface area contributed by atoms with E-state index in [-0.39, 0.29) is 0 Å². The second-order valence-electron chi connectivity index (χ2n) is 6.18. The molecule has 118 valence electrons. The van der Waals surface area contributed by atoms with E-state index in [4.69, 9.17) is 11.6 Å². The fourth-order valence-electron chi connectivity index (χ4n) is 3.09. The van der Waals surface area contributed by atoms with Crippen molar-refractivity contribution >= 4 is 39.0 Å². The van der Waals surface area contributed by atoms with Crippen LogP contribution in [0.2, 0.25) is 5.28 Å². The van der Waals surface area contributed by atoms with Crippen molar-refractivity contribution in [1.82, 2.24) is 9.97 Å². The molecule has 23 heavy (non-hydrogen) atoms. The number of nitrogens with zero attached hydrogens (tertiary/aromatic N) is 3. The fraction of sp³-hybridized carbons (Fsp3) is 0.333. The Morgan fingerprint density at radius 1 is 1.13 bits per heavy atom. The number of anilines is 1. The largest absolute Gasteiger partial charge is 0.356 e. The molecule has 2 aromatic heterocycles. The summed E-state index contributed by atoms with van der Waals surface area (Å²) in [5, 5.41) is 1.46. The van der Waals surface area contributed by atoms with Gasteiger partial charge < -0.3 is 4.90 Å². The number of rotatable bonds is 2. The number of hydrogen-bond acceptors (Lipinski definition) is 4. The minimum atomic E-state index is 0.340. The van der Waals surface area contributed by atoms with E-state index in [1.54, 1.807) is 11.3 Å². The molecular formula is C18H18ClN3S. The first-order valence-corrected chi connectivity index (χ1v) is 9.17. The smallest absolute Gasteiger partial charge is 0.225 e. The third kappa shape index (κ3) is 2.93. The Hall–Kier alpha value is -1.65. The Morgan fingerprint density at radius 3 is 2.61 bits per heavy atom. The quantitative estimate of drug-likeness (QED) is 0.595. The standard InChI is InChI=1S/C18H18ClN3S/c1-12-7-9-22(10-8-12)16-14-11-15(13-5-3-2-4-6-13)23-17(14)21-18(19)20-16/h2-6,11-12H,7-10H2,1H3. The molecule has 0 aliphatic carbocycles. The second-order valence-corrected chi connectivity index (χ2v) is 7.55. The Labute approximate surface area is 144 Å². The van der Waals surface area contributed by atoms with Crippen LogP contribution in [0.25, 0.3) is 20.7 Å². The molecule has 1 fully saturated rings. The molecule has 0 unspecified atom stereocenters. The average molecular weight is 344 g/mol. The highest BCUT2D eigenvalue weighted by molar-refractivity contribution is 7.22. The topological polar surface area (TPSA) is 29.0 Å². The lowest BCUT2D eigenvalue weighted by Crippen LogP contribution is -2.33. The van der Waals surface area contributed by atoms with Gasteiger partial charge in [-0.2, -0.15) is 4.98 Å². The normalized spacial score (nSPS) is 16.2. The minimum absolute atomic E-state index is 0.340. The number of aromatic nitrogens is 2. The highest BCUT2D eigenvalue weighted by atomic mass is 35.5. The van der Waals surface area contributed by atoms with Crippen LogP contribution in [-0.4, -0.2) is 23.1 Å². The third-order valence-corrected chi connectivity index (χ3v) is 5.73. The zero-order valence-electron chi connectivity index (χ0n) is 13.0. The van der Waals surface area contributed by atoms with Gasteiger partial charge in [-0.05, 0) is 42.0 Å². The fourth-order valence-corrected chi connectivity index (χ4v) is 4.33. The summed E-state index contributed by atoms with van der Waals surface area (Å²) in [6.07, 6.45) is 2.41. The lowest BCUT2D eigenvalue weighted by Gasteiger charge is -2.31. The van der Waals surface area contributed by atoms with Gasteiger partial charge in [-0.25, -0.2) is 4.98 Å². The van der Waals surface area contributed by atoms with Gasteiger partial charge in [-0.15, -0.1) is 11.3 Å². The molecule has 0 saturated carbocycles. The van der Waals surface area contributed by atoms with E-state index in [0.717, 1.165) is 35.0 Å². The van der Waals surface area contributed by atoms with Crippen molar-refractivity contribution in [3.8, 4) is 10.4 Å². The summed E-state index contributed by atoms with van der Waals surface area (Å²) in [6.45, 7) is 4.40. The lowest BCUT2D eigenvalue weighted by atomic mass is 9.99. The predicted molar refractivity (Wildman–Crippen MR) is 98.5 cm³/mol. The van der Waals surface area contributed by atoms with E-state index in [1.807, 2.05) is 6.07 Å². The van der Waals surface area contributed by atoms with Crippen LogP contribution in [0.3, 0.4) is 0 Å². The Kier molecular flexibility index (Phi) is 3.95. The first-order valence-electron chi connectivity index (χ1n) is 7.98. The van der Waals surface area contributed by atoms with Crippen LogP contribution in [0.4, 0.5) is 5.82 Å². The van der Waals surface area contributed by atoms with Crippen LogP contribution in [-0.2, 0) is 0 Å². The van der Waals surface area contributed by atoms with Gasteiger partial charge in [0.05, 0.1) is 5.39 Å². The summed E-state index contributed by atoms with van der Waals surface area (Å²) in [6, 6.07) is 12.6. The minimum Gasteiger partial charge on any atom is -0.356 e. The van der Waals surface area contributed by atoms with Gasteiger partial charge in [0.1, 0.15) is 10.6 Å². The molecule has 0 atom stereocenters. The molecule has 1 saturated heterocycles. The van der Waals surface area contributed by atoms with Gasteiger partial charge in [-0.3, -0.25) is 0 Å². The molecule has 0 bridgehead atoms. The van der Waals surface area contributed by atoms with Crippen molar-refractivity contribution in [2.45, 2.75) is 19.8 Å². The third-order valence-electron chi connectivity index (χ3n) is 4.49. The zero-order valence-corrected chi connectivity index (χ0v) is 14.6. The summed E-state index contributed by atoms with van der Waals surface area (Å²) in [5.41, 5.74) is 1.21. The van der Waals surface area contributed by atoms with Gasteiger partial charge in [0, 0.05) is 18.0 Å². The molecule has 1 aliphatic rings. The monoisotopic (exact) mass is 343 g/mol. The number of thiophene rings is 1. The van der Waals surface area contributed by atoms with E-state index in [9.17, 15) is 0 Å². The van der Waals surface area contributed by atoms with Gasteiger partial charge in [0.2, 0.25) is 5.28 Å². The van der Waals surface area contributed by atoms with Crippen LogP contribution in [0.15, 0.2) is 36.4 Å². The maximum absolute atomic E-state index is 6.18. The Morgan fingerprint density at radius 2 is 1.87 bits per heavy atom. The Balaban J connectivity index is 1.80. The van der Waals surface area contributed by atoms with E-state index in [0.29, 0.717) is 5.28 Å². The molecule has 0 amide bonds. The maximum Gasteiger partial charge on any atom is 0.225 e. The molecule has 1 aromatic carbocycles. The molecule has 3 nitrogen and oxygen atoms in total. The van der Waals surface area contributed by atoms with Crippen LogP contribution in [0.1, 0.15) is 19.8 Å². The molecule has 0 radical (unpaired) electrons. The number of fused-ring (bicyclic) bond motifs is 1. The molecule has 0 spiro atoms. The van der Waals surface area contributed by atoms with Gasteiger partial charge in [0.15, 0.2) is 0 Å². The summed E-state index contributed by atoms with van der Waals surface area (Å²) in [4.78, 5) is 13.5. The van der Waals surface area contributed by atoms with Crippen molar-refractivity contribution in [3.05, 3.63) is 41.7 Å². The summed E-state index contributed by atoms with van der Waals surface area (Å²) in [5.74, 6) is 1.78. The van der Waals surface area contributed by atoms with Crippen LogP contribution >= 0.6 is 22.9 Å². The molecule has 3 aromatic rings. The lowest BCUT2D eigenvalue weighted by molar-refractivity contribution is 0.437. The number of halogens is 1. The molecule has 0 N–H and O–H groups in total. The Bertz CT molecular complexity index is 823. The molecule has 1 aliphatic heterocycles. The van der Waals surface area contributed by atoms with Crippen molar-refractivity contribution in [1.29, 1.82) is 0 Å². The summed E-state index contributed by atoms with van der Waals surface area (Å²) >= 11 is 7.87. The average Bonchev–Trinajstić information content (AvgIpc) is 2.99. The SMILES string of the molecule is CC1CCN(c2nc(Cl)nc3sc(-c4ccccc4)cc23)CC1. The van der Waals surface area contributed by atoms with Gasteiger partial charge in [-0.1, -0.05) is 37.3 Å². The van der Waals surface area contributed by atoms with Crippen molar-refractivity contribution in [3.63, 3.8) is 0 Å². The number of piperidine rings is 1. The predicted octanol–water partition coefficient (Wildman–Crippen LogP) is 5.25. The van der Waals surface area contributed by atoms with Gasteiger partial charge in [0.25, 0.3) is 0 Å². The highest BCUT2D eigenvalue weighted by Gasteiger charge is 2.21. The van der Waals surface area contributed by atoms with Gasteiger partial charge >= 0.3 is 0 Å². The molecule has 3 heterocycles. The van der Waals surface area contributed by atoms with Crippen LogP contribution in [0.5, 0.6) is 0 Å². The summed E-state index contributed by atoms with van der Waals surface area (Å²) < 4.78 is 0. The maximum atomic E-state index is 6.18. The first kappa shape index (κ1) is 14.9. The van der Waals surface area contributed by atoms with Crippen LogP contribution < -0.4 is 4.90 Å². The number of hydrogen-bond donors (Lipinski definition) is 0. The molecular weight excluding hydrogens is 326 g/mol. The van der Waals surface area contributed by atoms with Crippen molar-refractivity contribution in [2.24, 2.45) is 5.92 Å².